The van der Waals surface area contributed by atoms with Crippen molar-refractivity contribution in [2.45, 2.75) is 81.8 Å². The highest BCUT2D eigenvalue weighted by Crippen LogP contribution is 2.12. The zero-order valence-corrected chi connectivity index (χ0v) is 31.6. The van der Waals surface area contributed by atoms with Crippen LogP contribution in [0.2, 0.25) is 0 Å². The molecule has 0 bridgehead atoms. The molecule has 0 aromatic heterocycles. The van der Waals surface area contributed by atoms with Crippen LogP contribution in [-0.4, -0.2) is 142 Å². The molecule has 6 amide bonds. The fraction of sp³-hybridized carbons (Fsp3) is 0.515. The second-order valence-corrected chi connectivity index (χ2v) is 12.8. The van der Waals surface area contributed by atoms with Gasteiger partial charge in [-0.05, 0) is 50.3 Å². The number of benzene rings is 1. The van der Waals surface area contributed by atoms with Gasteiger partial charge in [0.2, 0.25) is 35.4 Å². The molecule has 58 heavy (non-hydrogen) atoms. The predicted molar refractivity (Wildman–Crippen MR) is 203 cm³/mol. The van der Waals surface area contributed by atoms with Crippen LogP contribution in [-0.2, 0) is 44.8 Å². The molecule has 0 aliphatic carbocycles. The van der Waals surface area contributed by atoms with Crippen LogP contribution in [0.1, 0.15) is 44.6 Å². The number of carboxylic acid groups (broad SMARTS) is 2. The summed E-state index contributed by atoms with van der Waals surface area (Å²) in [6, 6.07) is -1.62. The van der Waals surface area contributed by atoms with Crippen molar-refractivity contribution in [2.75, 3.05) is 26.2 Å². The highest BCUT2D eigenvalue weighted by Gasteiger charge is 2.32. The number of carbonyl (C=O) groups is 8. The quantitative estimate of drug-likeness (QED) is 0.0235. The summed E-state index contributed by atoms with van der Waals surface area (Å²) < 4.78 is 0. The van der Waals surface area contributed by atoms with Gasteiger partial charge in [-0.15, -0.1) is 0 Å². The van der Waals surface area contributed by atoms with Gasteiger partial charge in [0, 0.05) is 19.5 Å². The number of guanidine groups is 2. The molecule has 0 aliphatic rings. The molecule has 0 heterocycles. The summed E-state index contributed by atoms with van der Waals surface area (Å²) in [5, 5.41) is 71.1. The molecule has 20 N–H and O–H groups in total. The van der Waals surface area contributed by atoms with Crippen LogP contribution in [0.3, 0.4) is 0 Å². The van der Waals surface area contributed by atoms with Crippen LogP contribution >= 0.6 is 0 Å². The number of hydrogen-bond donors (Lipinski definition) is 17. The number of nitrogens with one attached hydrogen (secondary N) is 10. The Morgan fingerprint density at radius 1 is 0.672 bits per heavy atom. The summed E-state index contributed by atoms with van der Waals surface area (Å²) in [6.45, 7) is 0.00761. The molecular formula is C33H53N13O12. The van der Waals surface area contributed by atoms with Crippen molar-refractivity contribution in [3.63, 3.8) is 0 Å². The van der Waals surface area contributed by atoms with Gasteiger partial charge in [0.1, 0.15) is 29.9 Å². The largest absolute Gasteiger partial charge is 0.508 e. The molecule has 0 aliphatic heterocycles. The van der Waals surface area contributed by atoms with E-state index in [1.807, 2.05) is 5.32 Å². The SMILES string of the molecule is C[C@@H](O)[C@H](NC(=O)CNC(=O)CNC(=O)[C@H](Cc1ccc(O)cc1)NC(=O)[C@H](CCCNC(=N)N)NC(=O)[C@@H](N)CCCNC(=N)N)C(=O)N[C@@H](CC(=O)O)C(=O)O. The van der Waals surface area contributed by atoms with Crippen LogP contribution in [0.4, 0.5) is 0 Å². The molecule has 0 unspecified atom stereocenters. The van der Waals surface area contributed by atoms with Crippen LogP contribution in [0.15, 0.2) is 24.3 Å². The van der Waals surface area contributed by atoms with Gasteiger partial charge in [0.15, 0.2) is 11.9 Å². The topological polar surface area (TPSA) is 439 Å². The molecule has 0 spiro atoms. The Kier molecular flexibility index (Phi) is 21.6. The molecule has 25 nitrogen and oxygen atoms in total. The van der Waals surface area contributed by atoms with Crippen LogP contribution in [0, 0.1) is 10.8 Å². The van der Waals surface area contributed by atoms with Gasteiger partial charge >= 0.3 is 11.9 Å². The zero-order chi connectivity index (χ0) is 43.9. The summed E-state index contributed by atoms with van der Waals surface area (Å²) in [7, 11) is 0. The molecule has 0 fully saturated rings. The number of aliphatic hydroxyl groups excluding tert-OH is 1. The minimum absolute atomic E-state index is 0.00847. The Bertz CT molecular complexity index is 1630. The second kappa shape index (κ2) is 25.4. The van der Waals surface area contributed by atoms with Crippen molar-refractivity contribution in [2.24, 2.45) is 17.2 Å². The average Bonchev–Trinajstić information content (AvgIpc) is 3.14. The first kappa shape index (κ1) is 49.3. The van der Waals surface area contributed by atoms with E-state index in [0.29, 0.717) is 12.0 Å². The third-order valence-electron chi connectivity index (χ3n) is 7.92. The van der Waals surface area contributed by atoms with Gasteiger partial charge < -0.3 is 80.2 Å². The van der Waals surface area contributed by atoms with E-state index in [4.69, 9.17) is 38.2 Å². The van der Waals surface area contributed by atoms with E-state index in [2.05, 4.69) is 37.2 Å². The Labute approximate surface area is 332 Å². The van der Waals surface area contributed by atoms with E-state index in [9.17, 15) is 48.6 Å². The van der Waals surface area contributed by atoms with Gasteiger partial charge in [0.05, 0.1) is 31.7 Å². The first-order valence-electron chi connectivity index (χ1n) is 17.8. The summed E-state index contributed by atoms with van der Waals surface area (Å²) in [4.78, 5) is 99.9. The third-order valence-corrected chi connectivity index (χ3v) is 7.92. The highest BCUT2D eigenvalue weighted by atomic mass is 16.4. The first-order chi connectivity index (χ1) is 27.2. The minimum Gasteiger partial charge on any atom is -0.508 e. The van der Waals surface area contributed by atoms with Crippen molar-refractivity contribution in [3.8, 4) is 5.75 Å². The Morgan fingerprint density at radius 2 is 1.21 bits per heavy atom. The highest BCUT2D eigenvalue weighted by molar-refractivity contribution is 5.95. The fourth-order valence-electron chi connectivity index (χ4n) is 4.90. The fourth-order valence-corrected chi connectivity index (χ4v) is 4.90. The maximum Gasteiger partial charge on any atom is 0.326 e. The number of carbonyl (C=O) groups excluding carboxylic acids is 6. The minimum atomic E-state index is -1.87. The number of phenols is 1. The summed E-state index contributed by atoms with van der Waals surface area (Å²) >= 11 is 0. The van der Waals surface area contributed by atoms with Crippen molar-refractivity contribution < 1.29 is 58.8 Å². The number of aliphatic carboxylic acids is 2. The number of amides is 6. The van der Waals surface area contributed by atoms with Crippen LogP contribution in [0.25, 0.3) is 0 Å². The summed E-state index contributed by atoms with van der Waals surface area (Å²) in [5.41, 5.74) is 17.1. The molecule has 0 saturated heterocycles. The lowest BCUT2D eigenvalue weighted by Gasteiger charge is -2.24. The number of hydrogen-bond acceptors (Lipinski definition) is 13. The van der Waals surface area contributed by atoms with Gasteiger partial charge in [-0.25, -0.2) is 4.79 Å². The van der Waals surface area contributed by atoms with Gasteiger partial charge in [-0.2, -0.15) is 0 Å². The first-order valence-corrected chi connectivity index (χ1v) is 17.8. The molecule has 0 saturated carbocycles. The van der Waals surface area contributed by atoms with Crippen molar-refractivity contribution in [1.82, 2.24) is 42.5 Å². The van der Waals surface area contributed by atoms with Crippen molar-refractivity contribution in [3.05, 3.63) is 29.8 Å². The molecule has 25 heteroatoms. The van der Waals surface area contributed by atoms with Crippen molar-refractivity contribution >= 4 is 59.3 Å². The normalized spacial score (nSPS) is 13.7. The van der Waals surface area contributed by atoms with Crippen molar-refractivity contribution in [1.29, 1.82) is 10.8 Å². The molecule has 6 atom stereocenters. The third kappa shape index (κ3) is 20.2. The Balaban J connectivity index is 3.02. The summed E-state index contributed by atoms with van der Waals surface area (Å²) in [5.74, 6) is -9.40. The van der Waals surface area contributed by atoms with Crippen LogP contribution < -0.4 is 59.7 Å². The monoisotopic (exact) mass is 823 g/mol. The number of aromatic hydroxyl groups is 1. The number of rotatable bonds is 26. The lowest BCUT2D eigenvalue weighted by Crippen LogP contribution is -2.57. The molecule has 1 rings (SSSR count). The van der Waals surface area contributed by atoms with Crippen LogP contribution in [0.5, 0.6) is 5.75 Å². The Hall–Kier alpha value is -6.76. The van der Waals surface area contributed by atoms with E-state index < -0.39 is 103 Å². The number of phenolic OH excluding ortho intramolecular Hbond substituents is 1. The number of aliphatic hydroxyl groups is 1. The van der Waals surface area contributed by atoms with E-state index in [1.54, 1.807) is 0 Å². The van der Waals surface area contributed by atoms with E-state index in [0.717, 1.165) is 6.92 Å². The molecule has 1 aromatic rings. The summed E-state index contributed by atoms with van der Waals surface area (Å²) in [6.07, 6.45) is -1.96. The lowest BCUT2D eigenvalue weighted by molar-refractivity contribution is -0.147. The van der Waals surface area contributed by atoms with Gasteiger partial charge in [0.25, 0.3) is 0 Å². The maximum atomic E-state index is 13.6. The smallest absolute Gasteiger partial charge is 0.326 e. The molecular weight excluding hydrogens is 770 g/mol. The standard InChI is InChI=1S/C33H53N13O12/c1-16(47)26(30(56)45-22(31(57)58)13-25(51)52)46-24(50)15-41-23(49)14-42-28(54)21(12-17-6-8-18(48)9-7-17)44-29(55)20(5-3-11-40-33(37)38)43-27(53)19(34)4-2-10-39-32(35)36/h6-9,16,19-22,26,47-48H,2-5,10-15,34H2,1H3,(H,41,49)(H,42,54)(H,43,53)(H,44,55)(H,45,56)(H,46,50)(H,51,52)(H,57,58)(H4,35,36,39)(H4,37,38,40)/t16-,19+,20+,21+,22+,26+/m1/s1. The van der Waals surface area contributed by atoms with E-state index in [-0.39, 0.29) is 56.4 Å². The second-order valence-electron chi connectivity index (χ2n) is 12.8. The lowest BCUT2D eigenvalue weighted by atomic mass is 10.0. The molecule has 322 valence electrons. The zero-order valence-electron chi connectivity index (χ0n) is 31.6. The maximum absolute atomic E-state index is 13.6. The Morgan fingerprint density at radius 3 is 1.74 bits per heavy atom. The van der Waals surface area contributed by atoms with Gasteiger partial charge in [-0.3, -0.25) is 44.4 Å². The van der Waals surface area contributed by atoms with Gasteiger partial charge in [-0.1, -0.05) is 12.1 Å². The average molecular weight is 824 g/mol. The van der Waals surface area contributed by atoms with E-state index >= 15 is 0 Å². The molecule has 0 radical (unpaired) electrons. The number of nitrogens with two attached hydrogens (primary N) is 3. The number of carboxylic acids is 2. The predicted octanol–water partition coefficient (Wildman–Crippen LogP) is -6.10. The van der Waals surface area contributed by atoms with E-state index in [1.165, 1.54) is 24.3 Å². The molecule has 1 aromatic carbocycles.